The number of nitrogens with zero attached hydrogens (tertiary/aromatic N) is 1. The van der Waals surface area contributed by atoms with Crippen LogP contribution in [-0.4, -0.2) is 18.1 Å². The Kier molecular flexibility index (Phi) is 3.97. The van der Waals surface area contributed by atoms with Gasteiger partial charge in [0, 0.05) is 6.54 Å². The smallest absolute Gasteiger partial charge is 0.335 e. The number of carbonyl (C=O) groups is 1. The predicted molar refractivity (Wildman–Crippen MR) is 85.0 cm³/mol. The predicted octanol–water partition coefficient (Wildman–Crippen LogP) is 3.23. The number of amides is 2. The van der Waals surface area contributed by atoms with Crippen LogP contribution >= 0.6 is 0 Å². The highest BCUT2D eigenvalue weighted by Crippen LogP contribution is 2.38. The Balaban J connectivity index is 1.87. The Morgan fingerprint density at radius 2 is 2.14 bits per heavy atom. The summed E-state index contributed by atoms with van der Waals surface area (Å²) in [5.74, 6) is 0.524. The first-order valence-corrected chi connectivity index (χ1v) is 7.77. The van der Waals surface area contributed by atoms with E-state index in [1.807, 2.05) is 36.4 Å². The molecule has 4 nitrogen and oxygen atoms in total. The average Bonchev–Trinajstić information content (AvgIpc) is 2.53. The number of urea groups is 1. The second kappa shape index (κ2) is 5.90. The highest BCUT2D eigenvalue weighted by atomic mass is 16.2. The third-order valence-corrected chi connectivity index (χ3v) is 4.77. The Morgan fingerprint density at radius 1 is 1.33 bits per heavy atom. The van der Waals surface area contributed by atoms with Gasteiger partial charge in [-0.1, -0.05) is 37.1 Å². The first-order valence-electron chi connectivity index (χ1n) is 7.77. The Bertz CT molecular complexity index is 516. The fourth-order valence-corrected chi connectivity index (χ4v) is 3.62. The summed E-state index contributed by atoms with van der Waals surface area (Å²) >= 11 is 0. The quantitative estimate of drug-likeness (QED) is 0.837. The van der Waals surface area contributed by atoms with Crippen molar-refractivity contribution in [3.63, 3.8) is 0 Å². The van der Waals surface area contributed by atoms with Crippen LogP contribution in [-0.2, 0) is 0 Å². The van der Waals surface area contributed by atoms with Crippen LogP contribution in [0.25, 0.3) is 0 Å². The summed E-state index contributed by atoms with van der Waals surface area (Å²) < 4.78 is 0. The largest absolute Gasteiger partial charge is 0.336 e. The molecule has 2 unspecified atom stereocenters. The van der Waals surface area contributed by atoms with Gasteiger partial charge in [-0.25, -0.2) is 15.2 Å². The van der Waals surface area contributed by atoms with E-state index in [2.05, 4.69) is 17.3 Å². The van der Waals surface area contributed by atoms with E-state index in [-0.39, 0.29) is 11.6 Å². The standard InChI is InChI=1S/C17H23N3O/c1-2-8-14-9-6-7-12-17(14)13-18-16(21)20(19-17)15-10-4-3-5-11-15/h2-5,10-11,14,19H,1,6-9,12-13H2,(H,18,21). The molecular formula is C17H23N3O. The van der Waals surface area contributed by atoms with Gasteiger partial charge in [0.15, 0.2) is 0 Å². The molecule has 2 N–H and O–H groups in total. The van der Waals surface area contributed by atoms with Crippen LogP contribution in [0.4, 0.5) is 10.5 Å². The molecule has 1 aliphatic carbocycles. The third-order valence-electron chi connectivity index (χ3n) is 4.77. The summed E-state index contributed by atoms with van der Waals surface area (Å²) in [6.07, 6.45) is 7.75. The maximum atomic E-state index is 12.2. The lowest BCUT2D eigenvalue weighted by molar-refractivity contribution is 0.121. The Morgan fingerprint density at radius 3 is 2.90 bits per heavy atom. The molecule has 3 rings (SSSR count). The molecule has 1 heterocycles. The van der Waals surface area contributed by atoms with Crippen LogP contribution in [0.3, 0.4) is 0 Å². The minimum Gasteiger partial charge on any atom is -0.335 e. The molecule has 1 aromatic carbocycles. The fourth-order valence-electron chi connectivity index (χ4n) is 3.62. The molecule has 2 fully saturated rings. The van der Waals surface area contributed by atoms with Crippen molar-refractivity contribution in [1.29, 1.82) is 0 Å². The molecule has 1 spiro atoms. The van der Waals surface area contributed by atoms with E-state index >= 15 is 0 Å². The van der Waals surface area contributed by atoms with Gasteiger partial charge in [0.05, 0.1) is 11.2 Å². The van der Waals surface area contributed by atoms with Gasteiger partial charge in [-0.05, 0) is 37.3 Å². The van der Waals surface area contributed by atoms with Crippen molar-refractivity contribution in [3.05, 3.63) is 43.0 Å². The van der Waals surface area contributed by atoms with Gasteiger partial charge in [-0.2, -0.15) is 0 Å². The number of hydrazine groups is 1. The third kappa shape index (κ3) is 2.68. The second-order valence-corrected chi connectivity index (χ2v) is 6.06. The molecule has 2 atom stereocenters. The molecule has 0 radical (unpaired) electrons. The van der Waals surface area contributed by atoms with Crippen molar-refractivity contribution in [2.75, 3.05) is 11.6 Å². The zero-order chi connectivity index (χ0) is 14.7. The zero-order valence-electron chi connectivity index (χ0n) is 12.3. The maximum absolute atomic E-state index is 12.2. The van der Waals surface area contributed by atoms with Crippen LogP contribution in [0.5, 0.6) is 0 Å². The number of hydrogen-bond acceptors (Lipinski definition) is 2. The fraction of sp³-hybridized carbons (Fsp3) is 0.471. The Labute approximate surface area is 126 Å². The van der Waals surface area contributed by atoms with Crippen LogP contribution in [0.2, 0.25) is 0 Å². The molecule has 0 bridgehead atoms. The molecule has 112 valence electrons. The summed E-state index contributed by atoms with van der Waals surface area (Å²) in [5, 5.41) is 4.74. The van der Waals surface area contributed by atoms with E-state index in [0.29, 0.717) is 12.5 Å². The lowest BCUT2D eigenvalue weighted by Gasteiger charge is -2.50. The van der Waals surface area contributed by atoms with Crippen molar-refractivity contribution < 1.29 is 4.79 Å². The van der Waals surface area contributed by atoms with Gasteiger partial charge in [0.1, 0.15) is 0 Å². The lowest BCUT2D eigenvalue weighted by Crippen LogP contribution is -2.72. The molecule has 1 aliphatic heterocycles. The molecule has 21 heavy (non-hydrogen) atoms. The summed E-state index contributed by atoms with van der Waals surface area (Å²) in [4.78, 5) is 12.2. The molecule has 2 aliphatic rings. The lowest BCUT2D eigenvalue weighted by atomic mass is 9.71. The first-order chi connectivity index (χ1) is 10.2. The van der Waals surface area contributed by atoms with E-state index in [4.69, 9.17) is 0 Å². The van der Waals surface area contributed by atoms with Crippen LogP contribution in [0, 0.1) is 5.92 Å². The first kappa shape index (κ1) is 14.1. The van der Waals surface area contributed by atoms with Crippen LogP contribution < -0.4 is 15.8 Å². The second-order valence-electron chi connectivity index (χ2n) is 6.06. The molecule has 1 saturated carbocycles. The van der Waals surface area contributed by atoms with E-state index < -0.39 is 0 Å². The summed E-state index contributed by atoms with van der Waals surface area (Å²) in [6, 6.07) is 9.70. The van der Waals surface area contributed by atoms with Crippen molar-refractivity contribution in [2.45, 2.75) is 37.6 Å². The van der Waals surface area contributed by atoms with Crippen molar-refractivity contribution in [1.82, 2.24) is 10.7 Å². The summed E-state index contributed by atoms with van der Waals surface area (Å²) in [6.45, 7) is 4.60. The molecule has 1 saturated heterocycles. The van der Waals surface area contributed by atoms with Crippen molar-refractivity contribution >= 4 is 11.7 Å². The molecule has 2 amide bonds. The molecule has 0 aromatic heterocycles. The van der Waals surface area contributed by atoms with E-state index in [1.54, 1.807) is 5.01 Å². The van der Waals surface area contributed by atoms with Gasteiger partial charge in [-0.3, -0.25) is 0 Å². The SMILES string of the molecule is C=CCC1CCCCC12CNC(=O)N(c1ccccc1)N2. The number of anilines is 1. The maximum Gasteiger partial charge on any atom is 0.336 e. The van der Waals surface area contributed by atoms with Gasteiger partial charge < -0.3 is 5.32 Å². The van der Waals surface area contributed by atoms with E-state index in [9.17, 15) is 4.79 Å². The normalized spacial score (nSPS) is 29.2. The molecule has 4 heteroatoms. The van der Waals surface area contributed by atoms with E-state index in [0.717, 1.165) is 18.5 Å². The highest BCUT2D eigenvalue weighted by molar-refractivity contribution is 5.92. The summed E-state index contributed by atoms with van der Waals surface area (Å²) in [5.41, 5.74) is 4.38. The van der Waals surface area contributed by atoms with Gasteiger partial charge in [0.25, 0.3) is 0 Å². The van der Waals surface area contributed by atoms with Crippen LogP contribution in [0.1, 0.15) is 32.1 Å². The van der Waals surface area contributed by atoms with E-state index in [1.165, 1.54) is 19.3 Å². The Hall–Kier alpha value is -1.81. The van der Waals surface area contributed by atoms with Gasteiger partial charge in [0.2, 0.25) is 0 Å². The zero-order valence-corrected chi connectivity index (χ0v) is 12.3. The number of benzene rings is 1. The number of para-hydroxylation sites is 1. The van der Waals surface area contributed by atoms with Crippen molar-refractivity contribution in [3.8, 4) is 0 Å². The number of rotatable bonds is 3. The molecule has 1 aromatic rings. The monoisotopic (exact) mass is 285 g/mol. The number of nitrogens with one attached hydrogen (secondary N) is 2. The molecular weight excluding hydrogens is 262 g/mol. The van der Waals surface area contributed by atoms with Crippen molar-refractivity contribution in [2.24, 2.45) is 5.92 Å². The number of carbonyl (C=O) groups excluding carboxylic acids is 1. The average molecular weight is 285 g/mol. The summed E-state index contributed by atoms with van der Waals surface area (Å²) in [7, 11) is 0. The minimum absolute atomic E-state index is 0.0454. The van der Waals surface area contributed by atoms with Gasteiger partial charge >= 0.3 is 6.03 Å². The van der Waals surface area contributed by atoms with Gasteiger partial charge in [-0.15, -0.1) is 6.58 Å². The topological polar surface area (TPSA) is 44.4 Å². The number of hydrogen-bond donors (Lipinski definition) is 2. The number of allylic oxidation sites excluding steroid dienone is 1. The minimum atomic E-state index is -0.0743. The van der Waals surface area contributed by atoms with Crippen LogP contribution in [0.15, 0.2) is 43.0 Å². The highest BCUT2D eigenvalue weighted by Gasteiger charge is 2.45.